The van der Waals surface area contributed by atoms with Gasteiger partial charge < -0.3 is 10.4 Å². The first-order valence-corrected chi connectivity index (χ1v) is 10.5. The fourth-order valence-electron chi connectivity index (χ4n) is 2.70. The second kappa shape index (κ2) is 9.83. The summed E-state index contributed by atoms with van der Waals surface area (Å²) in [6.07, 6.45) is -0.961. The zero-order valence-corrected chi connectivity index (χ0v) is 18.8. The Labute approximate surface area is 192 Å². The number of aliphatic hydroxyl groups excluding tert-OH is 1. The Bertz CT molecular complexity index is 978. The maximum absolute atomic E-state index is 13.0. The fraction of sp³-hybridized carbons (Fsp3) is 0.0952. The number of nitrogens with one attached hydrogen (secondary N) is 1. The standard InChI is InChI=1S/C21H16BrCl3N2O2/c22-14-9-13(10-17(25)11-14)20(28)12-27(19-7-3-16(24)4-8-19)21(29)26-18-5-1-15(23)2-6-18/h1-11,20,28H,12H2,(H,26,29). The van der Waals surface area contributed by atoms with E-state index in [1.165, 1.54) is 4.90 Å². The van der Waals surface area contributed by atoms with Crippen LogP contribution in [0.5, 0.6) is 0 Å². The van der Waals surface area contributed by atoms with Gasteiger partial charge in [0, 0.05) is 30.9 Å². The summed E-state index contributed by atoms with van der Waals surface area (Å²) in [6, 6.07) is 18.3. The van der Waals surface area contributed by atoms with E-state index in [0.717, 1.165) is 4.47 Å². The molecule has 3 rings (SSSR count). The van der Waals surface area contributed by atoms with Crippen LogP contribution in [0.15, 0.2) is 71.2 Å². The van der Waals surface area contributed by atoms with Gasteiger partial charge in [-0.05, 0) is 72.3 Å². The van der Waals surface area contributed by atoms with Crippen molar-refractivity contribution in [1.29, 1.82) is 0 Å². The van der Waals surface area contributed by atoms with Crippen LogP contribution in [0, 0.1) is 0 Å². The van der Waals surface area contributed by atoms with Crippen LogP contribution in [0.4, 0.5) is 16.2 Å². The smallest absolute Gasteiger partial charge is 0.326 e. The molecule has 0 aliphatic carbocycles. The van der Waals surface area contributed by atoms with E-state index in [2.05, 4.69) is 21.2 Å². The molecule has 0 saturated heterocycles. The molecule has 4 nitrogen and oxygen atoms in total. The number of nitrogens with zero attached hydrogens (tertiary/aromatic N) is 1. The van der Waals surface area contributed by atoms with Crippen molar-refractivity contribution >= 4 is 68.1 Å². The van der Waals surface area contributed by atoms with Crippen LogP contribution < -0.4 is 10.2 Å². The van der Waals surface area contributed by atoms with Crippen LogP contribution in [-0.4, -0.2) is 17.7 Å². The molecule has 0 aliphatic rings. The summed E-state index contributed by atoms with van der Waals surface area (Å²) >= 11 is 21.3. The number of anilines is 2. The van der Waals surface area contributed by atoms with Crippen molar-refractivity contribution in [2.75, 3.05) is 16.8 Å². The van der Waals surface area contributed by atoms with Crippen molar-refractivity contribution in [2.45, 2.75) is 6.10 Å². The molecule has 8 heteroatoms. The predicted molar refractivity (Wildman–Crippen MR) is 123 cm³/mol. The second-order valence-electron chi connectivity index (χ2n) is 6.24. The van der Waals surface area contributed by atoms with Gasteiger partial charge in [-0.3, -0.25) is 4.90 Å². The number of benzene rings is 3. The summed E-state index contributed by atoms with van der Waals surface area (Å²) in [6.45, 7) is 0.00778. The predicted octanol–water partition coefficient (Wildman–Crippen LogP) is 7.18. The number of hydrogen-bond donors (Lipinski definition) is 2. The minimum atomic E-state index is -0.961. The summed E-state index contributed by atoms with van der Waals surface area (Å²) in [5, 5.41) is 15.2. The highest BCUT2D eigenvalue weighted by atomic mass is 79.9. The molecule has 0 bridgehead atoms. The van der Waals surface area contributed by atoms with E-state index in [-0.39, 0.29) is 6.54 Å². The number of carbonyl (C=O) groups is 1. The van der Waals surface area contributed by atoms with Gasteiger partial charge in [-0.25, -0.2) is 4.79 Å². The summed E-state index contributed by atoms with van der Waals surface area (Å²) in [4.78, 5) is 14.4. The first-order chi connectivity index (χ1) is 13.8. The molecule has 0 saturated carbocycles. The molecule has 3 aromatic carbocycles. The van der Waals surface area contributed by atoms with Crippen LogP contribution >= 0.6 is 50.7 Å². The number of aliphatic hydroxyl groups is 1. The highest BCUT2D eigenvalue weighted by Gasteiger charge is 2.21. The van der Waals surface area contributed by atoms with Gasteiger partial charge >= 0.3 is 6.03 Å². The van der Waals surface area contributed by atoms with Gasteiger partial charge in [-0.15, -0.1) is 0 Å². The van der Waals surface area contributed by atoms with Crippen molar-refractivity contribution < 1.29 is 9.90 Å². The van der Waals surface area contributed by atoms with Gasteiger partial charge in [0.25, 0.3) is 0 Å². The molecular formula is C21H16BrCl3N2O2. The highest BCUT2D eigenvalue weighted by Crippen LogP contribution is 2.27. The number of hydrogen-bond acceptors (Lipinski definition) is 2. The maximum atomic E-state index is 13.0. The second-order valence-corrected chi connectivity index (χ2v) is 8.47. The molecule has 3 aromatic rings. The van der Waals surface area contributed by atoms with Crippen molar-refractivity contribution in [2.24, 2.45) is 0 Å². The van der Waals surface area contributed by atoms with Crippen LogP contribution in [-0.2, 0) is 0 Å². The molecule has 2 N–H and O–H groups in total. The minimum Gasteiger partial charge on any atom is -0.387 e. The first kappa shape index (κ1) is 21.9. The number of rotatable bonds is 5. The Morgan fingerprint density at radius 3 is 2.10 bits per heavy atom. The van der Waals surface area contributed by atoms with Crippen LogP contribution in [0.3, 0.4) is 0 Å². The topological polar surface area (TPSA) is 52.6 Å². The minimum absolute atomic E-state index is 0.00778. The quantitative estimate of drug-likeness (QED) is 0.379. The average Bonchev–Trinajstić information content (AvgIpc) is 2.67. The molecule has 29 heavy (non-hydrogen) atoms. The lowest BCUT2D eigenvalue weighted by atomic mass is 10.1. The summed E-state index contributed by atoms with van der Waals surface area (Å²) in [5.41, 5.74) is 1.75. The molecule has 0 radical (unpaired) electrons. The third-order valence-electron chi connectivity index (χ3n) is 4.10. The largest absolute Gasteiger partial charge is 0.387 e. The Morgan fingerprint density at radius 2 is 1.52 bits per heavy atom. The van der Waals surface area contributed by atoms with E-state index < -0.39 is 12.1 Å². The van der Waals surface area contributed by atoms with Gasteiger partial charge in [0.1, 0.15) is 0 Å². The van der Waals surface area contributed by atoms with Gasteiger partial charge in [0.15, 0.2) is 0 Å². The zero-order chi connectivity index (χ0) is 21.0. The normalized spacial score (nSPS) is 11.8. The SMILES string of the molecule is O=C(Nc1ccc(Cl)cc1)N(CC(O)c1cc(Cl)cc(Br)c1)c1ccc(Cl)cc1. The summed E-state index contributed by atoms with van der Waals surface area (Å²) in [7, 11) is 0. The molecule has 1 unspecified atom stereocenters. The van der Waals surface area contributed by atoms with Gasteiger partial charge in [-0.1, -0.05) is 50.7 Å². The van der Waals surface area contributed by atoms with E-state index in [1.54, 1.807) is 66.7 Å². The van der Waals surface area contributed by atoms with Crippen molar-refractivity contribution in [1.82, 2.24) is 0 Å². The molecule has 0 fully saturated rings. The Morgan fingerprint density at radius 1 is 0.931 bits per heavy atom. The van der Waals surface area contributed by atoms with E-state index in [4.69, 9.17) is 34.8 Å². The van der Waals surface area contributed by atoms with Gasteiger partial charge in [0.05, 0.1) is 12.6 Å². The number of amides is 2. The monoisotopic (exact) mass is 512 g/mol. The number of halogens is 4. The van der Waals surface area contributed by atoms with Crippen molar-refractivity contribution in [3.8, 4) is 0 Å². The Balaban J connectivity index is 1.86. The highest BCUT2D eigenvalue weighted by molar-refractivity contribution is 9.10. The zero-order valence-electron chi connectivity index (χ0n) is 14.9. The Hall–Kier alpha value is -1.76. The lowest BCUT2D eigenvalue weighted by molar-refractivity contribution is 0.183. The summed E-state index contributed by atoms with van der Waals surface area (Å²) in [5.74, 6) is 0. The Kier molecular flexibility index (Phi) is 7.44. The molecule has 0 heterocycles. The molecular weight excluding hydrogens is 499 g/mol. The number of urea groups is 1. The molecule has 0 aliphatic heterocycles. The van der Waals surface area contributed by atoms with E-state index in [1.807, 2.05) is 0 Å². The lowest BCUT2D eigenvalue weighted by Gasteiger charge is -2.26. The average molecular weight is 515 g/mol. The third kappa shape index (κ3) is 6.11. The van der Waals surface area contributed by atoms with Crippen LogP contribution in [0.2, 0.25) is 15.1 Å². The van der Waals surface area contributed by atoms with E-state index in [0.29, 0.717) is 32.0 Å². The van der Waals surface area contributed by atoms with Gasteiger partial charge in [-0.2, -0.15) is 0 Å². The molecule has 150 valence electrons. The number of carbonyl (C=O) groups excluding carboxylic acids is 1. The molecule has 2 amide bonds. The summed E-state index contributed by atoms with van der Waals surface area (Å²) < 4.78 is 0.739. The van der Waals surface area contributed by atoms with Crippen molar-refractivity contribution in [3.63, 3.8) is 0 Å². The fourth-order valence-corrected chi connectivity index (χ4v) is 3.83. The van der Waals surface area contributed by atoms with Gasteiger partial charge in [0.2, 0.25) is 0 Å². The first-order valence-electron chi connectivity index (χ1n) is 8.55. The van der Waals surface area contributed by atoms with E-state index >= 15 is 0 Å². The lowest BCUT2D eigenvalue weighted by Crippen LogP contribution is -2.38. The third-order valence-corrected chi connectivity index (χ3v) is 5.28. The maximum Gasteiger partial charge on any atom is 0.326 e. The molecule has 0 aromatic heterocycles. The van der Waals surface area contributed by atoms with Crippen LogP contribution in [0.1, 0.15) is 11.7 Å². The van der Waals surface area contributed by atoms with E-state index in [9.17, 15) is 9.90 Å². The van der Waals surface area contributed by atoms with Crippen molar-refractivity contribution in [3.05, 3.63) is 91.8 Å². The van der Waals surface area contributed by atoms with Crippen LogP contribution in [0.25, 0.3) is 0 Å². The molecule has 1 atom stereocenters. The molecule has 0 spiro atoms.